The van der Waals surface area contributed by atoms with Gasteiger partial charge in [-0.2, -0.15) is 0 Å². The average molecular weight is 419 g/mol. The zero-order valence-electron chi connectivity index (χ0n) is 18.6. The van der Waals surface area contributed by atoms with Crippen molar-refractivity contribution in [3.63, 3.8) is 0 Å². The molecular weight excluding hydrogens is 380 g/mol. The van der Waals surface area contributed by atoms with Crippen LogP contribution in [0.3, 0.4) is 0 Å². The Morgan fingerprint density at radius 2 is 1.97 bits per heavy atom. The first kappa shape index (κ1) is 22.8. The van der Waals surface area contributed by atoms with Crippen LogP contribution in [0.25, 0.3) is 0 Å². The summed E-state index contributed by atoms with van der Waals surface area (Å²) < 4.78 is 17.0. The number of piperidine rings is 1. The van der Waals surface area contributed by atoms with Crippen LogP contribution in [0.4, 0.5) is 5.69 Å². The molecule has 1 atom stereocenters. The molecule has 7 nitrogen and oxygen atoms in total. The van der Waals surface area contributed by atoms with Gasteiger partial charge in [0.1, 0.15) is 0 Å². The van der Waals surface area contributed by atoms with E-state index in [-0.39, 0.29) is 0 Å². The molecular formula is C23H38N4O3. The van der Waals surface area contributed by atoms with Gasteiger partial charge in [-0.3, -0.25) is 4.99 Å². The maximum atomic E-state index is 6.13. The molecule has 7 heteroatoms. The first-order valence-corrected chi connectivity index (χ1v) is 11.3. The second kappa shape index (κ2) is 12.8. The van der Waals surface area contributed by atoms with Crippen molar-refractivity contribution >= 4 is 11.6 Å². The van der Waals surface area contributed by atoms with Crippen molar-refractivity contribution in [2.24, 2.45) is 4.99 Å². The average Bonchev–Trinajstić information content (AvgIpc) is 2.81. The van der Waals surface area contributed by atoms with Crippen LogP contribution in [0.5, 0.6) is 0 Å². The summed E-state index contributed by atoms with van der Waals surface area (Å²) >= 11 is 0. The van der Waals surface area contributed by atoms with E-state index in [4.69, 9.17) is 14.2 Å². The number of hydrogen-bond donors (Lipinski definition) is 2. The highest BCUT2D eigenvalue weighted by molar-refractivity contribution is 5.80. The SMILES string of the molecule is CN=C(NCc1ccc(NCCOC)cc1)N1CCC(OCC2CCCCO2)CC1. The second-order valence-corrected chi connectivity index (χ2v) is 8.03. The zero-order valence-corrected chi connectivity index (χ0v) is 18.6. The highest BCUT2D eigenvalue weighted by atomic mass is 16.5. The molecule has 2 fully saturated rings. The van der Waals surface area contributed by atoms with Crippen molar-refractivity contribution in [3.8, 4) is 0 Å². The first-order valence-electron chi connectivity index (χ1n) is 11.3. The summed E-state index contributed by atoms with van der Waals surface area (Å²) in [7, 11) is 3.57. The van der Waals surface area contributed by atoms with Crippen molar-refractivity contribution in [2.45, 2.75) is 50.9 Å². The fourth-order valence-corrected chi connectivity index (χ4v) is 3.97. The number of nitrogens with one attached hydrogen (secondary N) is 2. The molecule has 1 unspecified atom stereocenters. The topological polar surface area (TPSA) is 67.4 Å². The maximum Gasteiger partial charge on any atom is 0.193 e. The van der Waals surface area contributed by atoms with Crippen LogP contribution >= 0.6 is 0 Å². The van der Waals surface area contributed by atoms with Gasteiger partial charge >= 0.3 is 0 Å². The predicted octanol–water partition coefficient (Wildman–Crippen LogP) is 2.87. The number of guanidine groups is 1. The van der Waals surface area contributed by atoms with Gasteiger partial charge < -0.3 is 29.7 Å². The number of likely N-dealkylation sites (tertiary alicyclic amines) is 1. The number of hydrogen-bond acceptors (Lipinski definition) is 5. The fourth-order valence-electron chi connectivity index (χ4n) is 3.97. The molecule has 3 rings (SSSR count). The minimum atomic E-state index is 0.299. The molecule has 0 amide bonds. The lowest BCUT2D eigenvalue weighted by molar-refractivity contribution is -0.0721. The van der Waals surface area contributed by atoms with E-state index in [1.807, 2.05) is 7.05 Å². The third kappa shape index (κ3) is 7.45. The Morgan fingerprint density at radius 3 is 2.63 bits per heavy atom. The summed E-state index contributed by atoms with van der Waals surface area (Å²) in [5.74, 6) is 0.964. The summed E-state index contributed by atoms with van der Waals surface area (Å²) in [6, 6.07) is 8.49. The van der Waals surface area contributed by atoms with Gasteiger partial charge in [-0.1, -0.05) is 12.1 Å². The van der Waals surface area contributed by atoms with Gasteiger partial charge in [-0.25, -0.2) is 0 Å². The molecule has 0 radical (unpaired) electrons. The molecule has 1 aromatic rings. The summed E-state index contributed by atoms with van der Waals surface area (Å²) in [4.78, 5) is 6.81. The standard InChI is InChI=1S/C23H38N4O3/c1-24-23(26-17-19-6-8-20(9-7-19)25-12-16-28-2)27-13-10-21(11-14-27)30-18-22-5-3-4-15-29-22/h6-9,21-22,25H,3-5,10-18H2,1-2H3,(H,24,26). The molecule has 2 saturated heterocycles. The number of nitrogens with zero attached hydrogens (tertiary/aromatic N) is 2. The van der Waals surface area contributed by atoms with E-state index in [1.54, 1.807) is 7.11 Å². The minimum Gasteiger partial charge on any atom is -0.383 e. The van der Waals surface area contributed by atoms with E-state index in [1.165, 1.54) is 18.4 Å². The van der Waals surface area contributed by atoms with Crippen LogP contribution in [-0.2, 0) is 20.8 Å². The third-order valence-corrected chi connectivity index (χ3v) is 5.79. The number of methoxy groups -OCH3 is 1. The van der Waals surface area contributed by atoms with E-state index in [2.05, 4.69) is 44.8 Å². The predicted molar refractivity (Wildman–Crippen MR) is 121 cm³/mol. The molecule has 1 aromatic carbocycles. The van der Waals surface area contributed by atoms with E-state index in [0.29, 0.717) is 18.8 Å². The van der Waals surface area contributed by atoms with Crippen molar-refractivity contribution in [1.82, 2.24) is 10.2 Å². The first-order chi connectivity index (χ1) is 14.8. The molecule has 0 aromatic heterocycles. The summed E-state index contributed by atoms with van der Waals surface area (Å²) in [5.41, 5.74) is 2.35. The van der Waals surface area contributed by atoms with E-state index in [0.717, 1.165) is 70.3 Å². The summed E-state index contributed by atoms with van der Waals surface area (Å²) in [5, 5.41) is 6.84. The Bertz CT molecular complexity index is 624. The summed E-state index contributed by atoms with van der Waals surface area (Å²) in [6.07, 6.45) is 6.30. The molecule has 30 heavy (non-hydrogen) atoms. The fraction of sp³-hybridized carbons (Fsp3) is 0.696. The summed E-state index contributed by atoms with van der Waals surface area (Å²) in [6.45, 7) is 5.86. The van der Waals surface area contributed by atoms with Crippen LogP contribution in [0.1, 0.15) is 37.7 Å². The molecule has 0 bridgehead atoms. The Labute approximate surface area is 181 Å². The number of anilines is 1. The largest absolute Gasteiger partial charge is 0.383 e. The van der Waals surface area contributed by atoms with Crippen LogP contribution < -0.4 is 10.6 Å². The van der Waals surface area contributed by atoms with E-state index < -0.39 is 0 Å². The van der Waals surface area contributed by atoms with Crippen molar-refractivity contribution < 1.29 is 14.2 Å². The Balaban J connectivity index is 1.36. The number of rotatable bonds is 9. The van der Waals surface area contributed by atoms with E-state index >= 15 is 0 Å². The molecule has 168 valence electrons. The Morgan fingerprint density at radius 1 is 1.17 bits per heavy atom. The van der Waals surface area contributed by atoms with Gasteiger partial charge in [0.05, 0.1) is 25.4 Å². The van der Waals surface area contributed by atoms with Crippen LogP contribution in [-0.4, -0.2) is 76.7 Å². The number of ether oxygens (including phenoxy) is 3. The lowest BCUT2D eigenvalue weighted by Crippen LogP contribution is -2.47. The normalized spacial score (nSPS) is 20.9. The van der Waals surface area contributed by atoms with Crippen LogP contribution in [0.15, 0.2) is 29.3 Å². The molecule has 0 aliphatic carbocycles. The van der Waals surface area contributed by atoms with Gasteiger partial charge in [-0.05, 0) is 49.8 Å². The molecule has 2 N–H and O–H groups in total. The van der Waals surface area contributed by atoms with Gasteiger partial charge in [0.25, 0.3) is 0 Å². The van der Waals surface area contributed by atoms with Crippen molar-refractivity contribution in [2.75, 3.05) is 58.9 Å². The zero-order chi connectivity index (χ0) is 21.0. The lowest BCUT2D eigenvalue weighted by Gasteiger charge is -2.35. The minimum absolute atomic E-state index is 0.299. The number of benzene rings is 1. The number of aliphatic imine (C=N–C) groups is 1. The van der Waals surface area contributed by atoms with Gasteiger partial charge in [0.2, 0.25) is 0 Å². The molecule has 2 aliphatic rings. The Hall–Kier alpha value is -1.83. The van der Waals surface area contributed by atoms with Gasteiger partial charge in [0, 0.05) is 52.6 Å². The van der Waals surface area contributed by atoms with Gasteiger partial charge in [0.15, 0.2) is 5.96 Å². The monoisotopic (exact) mass is 418 g/mol. The third-order valence-electron chi connectivity index (χ3n) is 5.79. The molecule has 0 saturated carbocycles. The second-order valence-electron chi connectivity index (χ2n) is 8.03. The van der Waals surface area contributed by atoms with E-state index in [9.17, 15) is 0 Å². The lowest BCUT2D eigenvalue weighted by atomic mass is 10.1. The van der Waals surface area contributed by atoms with Crippen molar-refractivity contribution in [1.29, 1.82) is 0 Å². The highest BCUT2D eigenvalue weighted by Crippen LogP contribution is 2.18. The van der Waals surface area contributed by atoms with Crippen LogP contribution in [0, 0.1) is 0 Å². The molecule has 2 aliphatic heterocycles. The quantitative estimate of drug-likeness (QED) is 0.365. The Kier molecular flexibility index (Phi) is 9.73. The smallest absolute Gasteiger partial charge is 0.193 e. The molecule has 2 heterocycles. The van der Waals surface area contributed by atoms with Gasteiger partial charge in [-0.15, -0.1) is 0 Å². The van der Waals surface area contributed by atoms with Crippen molar-refractivity contribution in [3.05, 3.63) is 29.8 Å². The maximum absolute atomic E-state index is 6.13. The molecule has 0 spiro atoms. The van der Waals surface area contributed by atoms with Crippen LogP contribution in [0.2, 0.25) is 0 Å². The highest BCUT2D eigenvalue weighted by Gasteiger charge is 2.23.